The summed E-state index contributed by atoms with van der Waals surface area (Å²) in [7, 11) is 0. The van der Waals surface area contributed by atoms with E-state index in [2.05, 4.69) is 29.5 Å². The maximum Gasteiger partial charge on any atom is 0.139 e. The van der Waals surface area contributed by atoms with E-state index in [0.717, 1.165) is 12.2 Å². The number of halogens is 1. The number of nitrogens with zero attached hydrogens (tertiary/aromatic N) is 1. The molecule has 2 nitrogen and oxygen atoms in total. The van der Waals surface area contributed by atoms with Gasteiger partial charge < -0.3 is 5.73 Å². The Hall–Kier alpha value is -0.850. The summed E-state index contributed by atoms with van der Waals surface area (Å²) in [5.74, 6) is 6.95. The summed E-state index contributed by atoms with van der Waals surface area (Å²) in [5, 5.41) is 0.546. The lowest BCUT2D eigenvalue weighted by Gasteiger charge is -1.96. The van der Waals surface area contributed by atoms with Crippen molar-refractivity contribution < 1.29 is 0 Å². The number of anilines is 1. The van der Waals surface area contributed by atoms with Crippen LogP contribution in [0.5, 0.6) is 0 Å². The van der Waals surface area contributed by atoms with E-state index < -0.39 is 0 Å². The number of hydrogen-bond donors (Lipinski definition) is 2. The Morgan fingerprint density at radius 3 is 3.08 bits per heavy atom. The summed E-state index contributed by atoms with van der Waals surface area (Å²) >= 11 is 9.77. The molecule has 0 saturated heterocycles. The zero-order valence-corrected chi connectivity index (χ0v) is 8.57. The van der Waals surface area contributed by atoms with Crippen LogP contribution in [0.25, 0.3) is 0 Å². The highest BCUT2D eigenvalue weighted by molar-refractivity contribution is 7.80. The minimum Gasteiger partial charge on any atom is -0.383 e. The molecule has 1 aromatic rings. The second-order valence-corrected chi connectivity index (χ2v) is 3.25. The van der Waals surface area contributed by atoms with Gasteiger partial charge in [0.25, 0.3) is 0 Å². The molecule has 0 spiro atoms. The first-order chi connectivity index (χ1) is 6.24. The van der Waals surface area contributed by atoms with Gasteiger partial charge in [-0.05, 0) is 6.07 Å². The lowest BCUT2D eigenvalue weighted by molar-refractivity contribution is 1.30. The van der Waals surface area contributed by atoms with Gasteiger partial charge >= 0.3 is 0 Å². The lowest BCUT2D eigenvalue weighted by atomic mass is 10.2. The SMILES string of the molecule is Nc1ncc(Cl)cc1C#CCCS. The number of pyridine rings is 1. The van der Waals surface area contributed by atoms with Gasteiger partial charge in [-0.2, -0.15) is 12.6 Å². The van der Waals surface area contributed by atoms with Gasteiger partial charge in [-0.25, -0.2) is 4.98 Å². The monoisotopic (exact) mass is 212 g/mol. The maximum absolute atomic E-state index is 5.73. The Labute approximate surface area is 87.9 Å². The predicted molar refractivity (Wildman–Crippen MR) is 59.0 cm³/mol. The van der Waals surface area contributed by atoms with Gasteiger partial charge in [-0.3, -0.25) is 0 Å². The summed E-state index contributed by atoms with van der Waals surface area (Å²) in [5.41, 5.74) is 6.26. The molecule has 0 aliphatic heterocycles. The van der Waals surface area contributed by atoms with Crippen molar-refractivity contribution >= 4 is 30.0 Å². The van der Waals surface area contributed by atoms with Crippen LogP contribution in [0.2, 0.25) is 5.02 Å². The molecule has 0 fully saturated rings. The molecule has 68 valence electrons. The molecule has 2 N–H and O–H groups in total. The van der Waals surface area contributed by atoms with Crippen molar-refractivity contribution in [1.82, 2.24) is 4.98 Å². The highest BCUT2D eigenvalue weighted by atomic mass is 35.5. The fraction of sp³-hybridized carbons (Fsp3) is 0.222. The Bertz CT molecular complexity index is 354. The fourth-order valence-corrected chi connectivity index (χ4v) is 1.03. The van der Waals surface area contributed by atoms with Crippen LogP contribution in [0.3, 0.4) is 0 Å². The highest BCUT2D eigenvalue weighted by Gasteiger charge is 1.96. The average Bonchev–Trinajstić information content (AvgIpc) is 2.11. The fourth-order valence-electron chi connectivity index (χ4n) is 0.764. The number of thiol groups is 1. The van der Waals surface area contributed by atoms with Gasteiger partial charge in [-0.15, -0.1) is 0 Å². The van der Waals surface area contributed by atoms with E-state index in [1.165, 1.54) is 6.20 Å². The maximum atomic E-state index is 5.73. The molecule has 0 atom stereocenters. The third-order valence-electron chi connectivity index (χ3n) is 1.35. The smallest absolute Gasteiger partial charge is 0.139 e. The second-order valence-electron chi connectivity index (χ2n) is 2.36. The zero-order chi connectivity index (χ0) is 9.68. The van der Waals surface area contributed by atoms with Crippen LogP contribution in [-0.4, -0.2) is 10.7 Å². The highest BCUT2D eigenvalue weighted by Crippen LogP contribution is 2.13. The second kappa shape index (κ2) is 5.00. The van der Waals surface area contributed by atoms with Crippen molar-refractivity contribution in [3.05, 3.63) is 22.8 Å². The summed E-state index contributed by atoms with van der Waals surface area (Å²) in [4.78, 5) is 3.88. The number of nitrogens with two attached hydrogens (primary N) is 1. The zero-order valence-electron chi connectivity index (χ0n) is 6.92. The van der Waals surface area contributed by atoms with Crippen LogP contribution < -0.4 is 5.73 Å². The minimum absolute atomic E-state index is 0.413. The van der Waals surface area contributed by atoms with Crippen LogP contribution in [0.1, 0.15) is 12.0 Å². The van der Waals surface area contributed by atoms with Gasteiger partial charge in [0.2, 0.25) is 0 Å². The molecular formula is C9H9ClN2S. The van der Waals surface area contributed by atoms with Gasteiger partial charge in [0.05, 0.1) is 10.6 Å². The molecule has 0 aliphatic carbocycles. The summed E-state index contributed by atoms with van der Waals surface area (Å²) in [6.07, 6.45) is 2.23. The van der Waals surface area contributed by atoms with Crippen LogP contribution in [0.15, 0.2) is 12.3 Å². The summed E-state index contributed by atoms with van der Waals surface area (Å²) in [6, 6.07) is 1.70. The van der Waals surface area contributed by atoms with Crippen LogP contribution in [-0.2, 0) is 0 Å². The van der Waals surface area contributed by atoms with E-state index in [0.29, 0.717) is 16.4 Å². The summed E-state index contributed by atoms with van der Waals surface area (Å²) in [6.45, 7) is 0. The van der Waals surface area contributed by atoms with Gasteiger partial charge in [-0.1, -0.05) is 23.4 Å². The Kier molecular flexibility index (Phi) is 3.94. The molecule has 0 unspecified atom stereocenters. The van der Waals surface area contributed by atoms with Crippen molar-refractivity contribution in [2.45, 2.75) is 6.42 Å². The quantitative estimate of drug-likeness (QED) is 0.552. The van der Waals surface area contributed by atoms with Crippen LogP contribution in [0.4, 0.5) is 5.82 Å². The van der Waals surface area contributed by atoms with Gasteiger partial charge in [0.15, 0.2) is 0 Å². The number of hydrogen-bond acceptors (Lipinski definition) is 3. The largest absolute Gasteiger partial charge is 0.383 e. The van der Waals surface area contributed by atoms with Crippen LogP contribution >= 0.6 is 24.2 Å². The van der Waals surface area contributed by atoms with E-state index in [4.69, 9.17) is 17.3 Å². The Balaban J connectivity index is 2.89. The van der Waals surface area contributed by atoms with E-state index in [1.807, 2.05) is 0 Å². The van der Waals surface area contributed by atoms with Crippen molar-refractivity contribution in [2.75, 3.05) is 11.5 Å². The van der Waals surface area contributed by atoms with Gasteiger partial charge in [0, 0.05) is 18.4 Å². The van der Waals surface area contributed by atoms with Crippen molar-refractivity contribution in [3.63, 3.8) is 0 Å². The van der Waals surface area contributed by atoms with Crippen molar-refractivity contribution in [2.24, 2.45) is 0 Å². The van der Waals surface area contributed by atoms with E-state index in [9.17, 15) is 0 Å². The van der Waals surface area contributed by atoms with E-state index in [1.54, 1.807) is 6.07 Å². The molecule has 0 aromatic carbocycles. The number of rotatable bonds is 1. The Morgan fingerprint density at radius 1 is 1.62 bits per heavy atom. The van der Waals surface area contributed by atoms with E-state index in [-0.39, 0.29) is 0 Å². The lowest BCUT2D eigenvalue weighted by Crippen LogP contribution is -1.93. The van der Waals surface area contributed by atoms with Crippen molar-refractivity contribution in [1.29, 1.82) is 0 Å². The molecule has 0 saturated carbocycles. The molecular weight excluding hydrogens is 204 g/mol. The number of nitrogen functional groups attached to an aromatic ring is 1. The third-order valence-corrected chi connectivity index (χ3v) is 1.78. The first-order valence-corrected chi connectivity index (χ1v) is 4.76. The normalized spacial score (nSPS) is 9.08. The average molecular weight is 213 g/mol. The molecule has 1 aromatic heterocycles. The van der Waals surface area contributed by atoms with Crippen LogP contribution in [0, 0.1) is 11.8 Å². The van der Waals surface area contributed by atoms with Gasteiger partial charge in [0.1, 0.15) is 5.82 Å². The molecule has 13 heavy (non-hydrogen) atoms. The van der Waals surface area contributed by atoms with E-state index >= 15 is 0 Å². The molecule has 0 aliphatic rings. The standard InChI is InChI=1S/C9H9ClN2S/c10-8-5-7(3-1-2-4-13)9(11)12-6-8/h5-6,13H,2,4H2,(H2,11,12). The summed E-state index contributed by atoms with van der Waals surface area (Å²) < 4.78 is 0. The predicted octanol–water partition coefficient (Wildman–Crippen LogP) is 1.99. The third kappa shape index (κ3) is 3.17. The topological polar surface area (TPSA) is 38.9 Å². The molecule has 1 heterocycles. The first-order valence-electron chi connectivity index (χ1n) is 3.75. The molecule has 0 bridgehead atoms. The number of aromatic nitrogens is 1. The molecule has 1 rings (SSSR count). The molecule has 0 amide bonds. The Morgan fingerprint density at radius 2 is 2.38 bits per heavy atom. The first kappa shape index (κ1) is 10.2. The minimum atomic E-state index is 0.413. The molecule has 4 heteroatoms. The molecule has 0 radical (unpaired) electrons. The van der Waals surface area contributed by atoms with Crippen molar-refractivity contribution in [3.8, 4) is 11.8 Å².